The van der Waals surface area contributed by atoms with Crippen molar-refractivity contribution in [2.75, 3.05) is 26.3 Å². The zero-order chi connectivity index (χ0) is 12.5. The molecule has 0 spiro atoms. The zero-order valence-corrected chi connectivity index (χ0v) is 10.9. The maximum Gasteiger partial charge on any atom is 0.245 e. The van der Waals surface area contributed by atoms with E-state index in [-0.39, 0.29) is 12.5 Å². The molecule has 1 aliphatic carbocycles. The van der Waals surface area contributed by atoms with Gasteiger partial charge < -0.3 is 15.8 Å². The molecule has 1 saturated carbocycles. The molecule has 0 radical (unpaired) electrons. The third-order valence-corrected chi connectivity index (χ3v) is 3.42. The summed E-state index contributed by atoms with van der Waals surface area (Å²) in [5, 5.41) is 2.90. The lowest BCUT2D eigenvalue weighted by atomic mass is 9.81. The largest absolute Gasteiger partial charge is 0.370 e. The lowest BCUT2D eigenvalue weighted by molar-refractivity contribution is -0.125. The van der Waals surface area contributed by atoms with Crippen LogP contribution in [0, 0.1) is 11.8 Å². The lowest BCUT2D eigenvalue weighted by Gasteiger charge is -2.26. The summed E-state index contributed by atoms with van der Waals surface area (Å²) in [6.45, 7) is 4.16. The third-order valence-electron chi connectivity index (χ3n) is 3.42. The average molecular weight is 242 g/mol. The van der Waals surface area contributed by atoms with Crippen molar-refractivity contribution in [3.8, 4) is 0 Å². The van der Waals surface area contributed by atoms with Gasteiger partial charge in [-0.3, -0.25) is 4.79 Å². The van der Waals surface area contributed by atoms with Gasteiger partial charge in [-0.1, -0.05) is 26.2 Å². The van der Waals surface area contributed by atoms with Gasteiger partial charge in [0.15, 0.2) is 0 Å². The highest BCUT2D eigenvalue weighted by Crippen LogP contribution is 2.30. The molecule has 0 aromatic rings. The van der Waals surface area contributed by atoms with Crippen LogP contribution in [0.1, 0.15) is 39.0 Å². The summed E-state index contributed by atoms with van der Waals surface area (Å²) in [7, 11) is 0. The Morgan fingerprint density at radius 1 is 1.47 bits per heavy atom. The van der Waals surface area contributed by atoms with Crippen LogP contribution in [0.2, 0.25) is 0 Å². The lowest BCUT2D eigenvalue weighted by Crippen LogP contribution is -2.30. The molecular formula is C13H26N2O2. The van der Waals surface area contributed by atoms with Crippen LogP contribution in [0.4, 0.5) is 0 Å². The topological polar surface area (TPSA) is 64.3 Å². The minimum atomic E-state index is -0.0256. The predicted molar refractivity (Wildman–Crippen MR) is 68.6 cm³/mol. The molecule has 0 aromatic heterocycles. The first-order chi connectivity index (χ1) is 8.22. The van der Waals surface area contributed by atoms with Crippen molar-refractivity contribution >= 4 is 5.91 Å². The Morgan fingerprint density at radius 3 is 3.00 bits per heavy atom. The fourth-order valence-corrected chi connectivity index (χ4v) is 2.54. The molecule has 4 heteroatoms. The van der Waals surface area contributed by atoms with Crippen LogP contribution in [0.5, 0.6) is 0 Å². The standard InChI is InChI=1S/C13H26N2O2/c1-11-3-2-4-12(9-11)5-7-15-13(16)10-17-8-6-14/h11-12H,2-10,14H2,1H3,(H,15,16). The molecule has 0 aromatic carbocycles. The first kappa shape index (κ1) is 14.5. The van der Waals surface area contributed by atoms with E-state index in [4.69, 9.17) is 10.5 Å². The smallest absolute Gasteiger partial charge is 0.245 e. The highest BCUT2D eigenvalue weighted by molar-refractivity contribution is 5.77. The number of amides is 1. The van der Waals surface area contributed by atoms with E-state index in [2.05, 4.69) is 12.2 Å². The second kappa shape index (κ2) is 8.48. The van der Waals surface area contributed by atoms with Crippen molar-refractivity contribution in [1.29, 1.82) is 0 Å². The number of hydrogen-bond acceptors (Lipinski definition) is 3. The maximum atomic E-state index is 11.3. The van der Waals surface area contributed by atoms with Gasteiger partial charge in [0, 0.05) is 13.1 Å². The molecule has 2 atom stereocenters. The van der Waals surface area contributed by atoms with Crippen LogP contribution in [-0.4, -0.2) is 32.2 Å². The highest BCUT2D eigenvalue weighted by atomic mass is 16.5. The van der Waals surface area contributed by atoms with E-state index in [1.807, 2.05) is 0 Å². The van der Waals surface area contributed by atoms with E-state index in [1.165, 1.54) is 25.7 Å². The average Bonchev–Trinajstić information content (AvgIpc) is 2.29. The van der Waals surface area contributed by atoms with Crippen LogP contribution < -0.4 is 11.1 Å². The molecule has 0 heterocycles. The molecule has 0 aliphatic heterocycles. The van der Waals surface area contributed by atoms with Crippen molar-refractivity contribution < 1.29 is 9.53 Å². The molecule has 2 unspecified atom stereocenters. The Hall–Kier alpha value is -0.610. The van der Waals surface area contributed by atoms with E-state index >= 15 is 0 Å². The fourth-order valence-electron chi connectivity index (χ4n) is 2.54. The van der Waals surface area contributed by atoms with Crippen LogP contribution >= 0.6 is 0 Å². The van der Waals surface area contributed by atoms with Gasteiger partial charge in [0.1, 0.15) is 6.61 Å². The van der Waals surface area contributed by atoms with Crippen LogP contribution in [0.15, 0.2) is 0 Å². The predicted octanol–water partition coefficient (Wildman–Crippen LogP) is 1.29. The fraction of sp³-hybridized carbons (Fsp3) is 0.923. The van der Waals surface area contributed by atoms with Gasteiger partial charge in [0.2, 0.25) is 5.91 Å². The molecular weight excluding hydrogens is 216 g/mol. The van der Waals surface area contributed by atoms with Gasteiger partial charge in [-0.2, -0.15) is 0 Å². The van der Waals surface area contributed by atoms with Crippen molar-refractivity contribution in [1.82, 2.24) is 5.32 Å². The SMILES string of the molecule is CC1CCCC(CCNC(=O)COCCN)C1. The molecule has 1 amide bonds. The number of ether oxygens (including phenoxy) is 1. The highest BCUT2D eigenvalue weighted by Gasteiger charge is 2.18. The summed E-state index contributed by atoms with van der Waals surface area (Å²) < 4.78 is 5.07. The summed E-state index contributed by atoms with van der Waals surface area (Å²) in [6.07, 6.45) is 6.46. The maximum absolute atomic E-state index is 11.3. The van der Waals surface area contributed by atoms with Gasteiger partial charge in [-0.25, -0.2) is 0 Å². The van der Waals surface area contributed by atoms with Crippen molar-refractivity contribution in [2.45, 2.75) is 39.0 Å². The Kier molecular flexibility index (Phi) is 7.21. The zero-order valence-electron chi connectivity index (χ0n) is 10.9. The summed E-state index contributed by atoms with van der Waals surface area (Å²) in [6, 6.07) is 0. The van der Waals surface area contributed by atoms with Gasteiger partial charge in [0.25, 0.3) is 0 Å². The van der Waals surface area contributed by atoms with E-state index in [1.54, 1.807) is 0 Å². The number of rotatable bonds is 7. The minimum Gasteiger partial charge on any atom is -0.370 e. The van der Waals surface area contributed by atoms with Crippen molar-refractivity contribution in [2.24, 2.45) is 17.6 Å². The Bertz CT molecular complexity index is 221. The Labute approximate surface area is 104 Å². The molecule has 0 bridgehead atoms. The summed E-state index contributed by atoms with van der Waals surface area (Å²) in [5.41, 5.74) is 5.27. The van der Waals surface area contributed by atoms with Gasteiger partial charge in [0.05, 0.1) is 6.61 Å². The molecule has 1 aliphatic rings. The molecule has 4 nitrogen and oxygen atoms in total. The minimum absolute atomic E-state index is 0.0256. The van der Waals surface area contributed by atoms with E-state index < -0.39 is 0 Å². The number of nitrogens with one attached hydrogen (secondary N) is 1. The van der Waals surface area contributed by atoms with Crippen molar-refractivity contribution in [3.05, 3.63) is 0 Å². The van der Waals surface area contributed by atoms with Crippen LogP contribution in [-0.2, 0) is 9.53 Å². The van der Waals surface area contributed by atoms with Crippen molar-refractivity contribution in [3.63, 3.8) is 0 Å². The first-order valence-electron chi connectivity index (χ1n) is 6.77. The number of carbonyl (C=O) groups excluding carboxylic acids is 1. The van der Waals surface area contributed by atoms with Gasteiger partial charge in [-0.05, 0) is 24.7 Å². The number of nitrogens with two attached hydrogens (primary N) is 1. The quantitative estimate of drug-likeness (QED) is 0.661. The number of carbonyl (C=O) groups is 1. The summed E-state index contributed by atoms with van der Waals surface area (Å²) >= 11 is 0. The molecule has 100 valence electrons. The van der Waals surface area contributed by atoms with E-state index in [9.17, 15) is 4.79 Å². The monoisotopic (exact) mass is 242 g/mol. The molecule has 1 rings (SSSR count). The second-order valence-electron chi connectivity index (χ2n) is 5.12. The molecule has 17 heavy (non-hydrogen) atoms. The summed E-state index contributed by atoms with van der Waals surface area (Å²) in [5.74, 6) is 1.63. The number of hydrogen-bond donors (Lipinski definition) is 2. The first-order valence-corrected chi connectivity index (χ1v) is 6.77. The van der Waals surface area contributed by atoms with Gasteiger partial charge in [-0.15, -0.1) is 0 Å². The molecule has 1 fully saturated rings. The second-order valence-corrected chi connectivity index (χ2v) is 5.12. The summed E-state index contributed by atoms with van der Waals surface area (Å²) in [4.78, 5) is 11.3. The van der Waals surface area contributed by atoms with Crippen LogP contribution in [0.3, 0.4) is 0 Å². The van der Waals surface area contributed by atoms with E-state index in [0.29, 0.717) is 13.2 Å². The van der Waals surface area contributed by atoms with Crippen LogP contribution in [0.25, 0.3) is 0 Å². The third kappa shape index (κ3) is 6.64. The normalized spacial score (nSPS) is 24.6. The van der Waals surface area contributed by atoms with Gasteiger partial charge >= 0.3 is 0 Å². The Balaban J connectivity index is 2.00. The molecule has 0 saturated heterocycles. The van der Waals surface area contributed by atoms with E-state index in [0.717, 1.165) is 24.8 Å². The molecule has 3 N–H and O–H groups in total. The Morgan fingerprint density at radius 2 is 2.29 bits per heavy atom.